The van der Waals surface area contributed by atoms with Crippen LogP contribution in [0, 0.1) is 0 Å². The van der Waals surface area contributed by atoms with E-state index in [1.54, 1.807) is 0 Å². The summed E-state index contributed by atoms with van der Waals surface area (Å²) >= 11 is 0. The summed E-state index contributed by atoms with van der Waals surface area (Å²) in [5.41, 5.74) is 0. The molecule has 2 fully saturated rings. The van der Waals surface area contributed by atoms with E-state index in [1.807, 2.05) is 0 Å². The standard InChI is InChI=1S/C6H14N2O.C5H11NO/c9-6-5-8-3-1-7-2-4-8;1-6-2-4-7-5-3-6/h7,9H,1-6H2;2-5H2,1H3. The molecule has 0 amide bonds. The maximum Gasteiger partial charge on any atom is 0.0594 e. The molecule has 2 heterocycles. The molecule has 0 atom stereocenters. The number of piperazine rings is 1. The Labute approximate surface area is 98.4 Å². The number of hydrogen-bond donors (Lipinski definition) is 2. The maximum absolute atomic E-state index is 8.56. The molecule has 96 valence electrons. The van der Waals surface area contributed by atoms with Crippen molar-refractivity contribution in [2.75, 3.05) is 72.7 Å². The molecule has 0 aromatic carbocycles. The number of β-amino-alcohol motifs (C(OH)–C–C–N with tert-alkyl or cyclic N) is 1. The van der Waals surface area contributed by atoms with Crippen LogP contribution in [0.3, 0.4) is 0 Å². The summed E-state index contributed by atoms with van der Waals surface area (Å²) in [7, 11) is 2.11. The zero-order chi connectivity index (χ0) is 11.6. The highest BCUT2D eigenvalue weighted by Crippen LogP contribution is 1.90. The first-order valence-corrected chi connectivity index (χ1v) is 6.13. The fraction of sp³-hybridized carbons (Fsp3) is 1.00. The van der Waals surface area contributed by atoms with Crippen molar-refractivity contribution >= 4 is 0 Å². The van der Waals surface area contributed by atoms with E-state index in [-0.39, 0.29) is 0 Å². The summed E-state index contributed by atoms with van der Waals surface area (Å²) in [6, 6.07) is 0. The molecular weight excluding hydrogens is 206 g/mol. The molecule has 0 radical (unpaired) electrons. The lowest BCUT2D eigenvalue weighted by molar-refractivity contribution is 0.0503. The van der Waals surface area contributed by atoms with Gasteiger partial charge in [0.15, 0.2) is 0 Å². The zero-order valence-corrected chi connectivity index (χ0v) is 10.3. The normalized spacial score (nSPS) is 23.6. The number of nitrogens with one attached hydrogen (secondary N) is 1. The zero-order valence-electron chi connectivity index (χ0n) is 10.3. The molecule has 0 aromatic heterocycles. The third-order valence-electron chi connectivity index (χ3n) is 2.86. The molecule has 5 heteroatoms. The van der Waals surface area contributed by atoms with Gasteiger partial charge in [0.1, 0.15) is 0 Å². The average molecular weight is 231 g/mol. The van der Waals surface area contributed by atoms with Crippen molar-refractivity contribution in [1.29, 1.82) is 0 Å². The van der Waals surface area contributed by atoms with Gasteiger partial charge in [-0.3, -0.25) is 4.90 Å². The molecule has 5 nitrogen and oxygen atoms in total. The van der Waals surface area contributed by atoms with Gasteiger partial charge in [-0.2, -0.15) is 0 Å². The second-order valence-electron chi connectivity index (χ2n) is 4.23. The van der Waals surface area contributed by atoms with Crippen LogP contribution in [0.5, 0.6) is 0 Å². The molecular formula is C11H25N3O2. The number of nitrogens with zero attached hydrogens (tertiary/aromatic N) is 2. The molecule has 0 aliphatic carbocycles. The number of likely N-dealkylation sites (N-methyl/N-ethyl adjacent to an activating group) is 1. The highest BCUT2D eigenvalue weighted by molar-refractivity contribution is 4.66. The van der Waals surface area contributed by atoms with E-state index in [0.29, 0.717) is 6.61 Å². The van der Waals surface area contributed by atoms with Gasteiger partial charge in [0.25, 0.3) is 0 Å². The predicted molar refractivity (Wildman–Crippen MR) is 64.7 cm³/mol. The van der Waals surface area contributed by atoms with Crippen molar-refractivity contribution in [2.24, 2.45) is 0 Å². The van der Waals surface area contributed by atoms with E-state index in [1.165, 1.54) is 0 Å². The molecule has 2 N–H and O–H groups in total. The van der Waals surface area contributed by atoms with Crippen LogP contribution in [-0.4, -0.2) is 87.6 Å². The smallest absolute Gasteiger partial charge is 0.0594 e. The van der Waals surface area contributed by atoms with Gasteiger partial charge in [0, 0.05) is 45.8 Å². The van der Waals surface area contributed by atoms with Crippen molar-refractivity contribution in [3.8, 4) is 0 Å². The average Bonchev–Trinajstić information content (AvgIpc) is 2.33. The van der Waals surface area contributed by atoms with Gasteiger partial charge in [-0.15, -0.1) is 0 Å². The number of aliphatic hydroxyl groups excluding tert-OH is 1. The molecule has 2 saturated heterocycles. The highest BCUT2D eigenvalue weighted by Gasteiger charge is 2.06. The van der Waals surface area contributed by atoms with E-state index in [9.17, 15) is 0 Å². The van der Waals surface area contributed by atoms with Crippen molar-refractivity contribution in [2.45, 2.75) is 0 Å². The summed E-state index contributed by atoms with van der Waals surface area (Å²) in [5, 5.41) is 11.8. The second kappa shape index (κ2) is 8.90. The van der Waals surface area contributed by atoms with Gasteiger partial charge >= 0.3 is 0 Å². The fourth-order valence-electron chi connectivity index (χ4n) is 1.73. The Bertz CT molecular complexity index is 155. The minimum Gasteiger partial charge on any atom is -0.395 e. The monoisotopic (exact) mass is 231 g/mol. The molecule has 0 saturated carbocycles. The van der Waals surface area contributed by atoms with Crippen LogP contribution in [0.4, 0.5) is 0 Å². The second-order valence-corrected chi connectivity index (χ2v) is 4.23. The van der Waals surface area contributed by atoms with E-state index in [4.69, 9.17) is 9.84 Å². The molecule has 0 spiro atoms. The number of morpholine rings is 1. The minimum absolute atomic E-state index is 0.292. The van der Waals surface area contributed by atoms with Crippen molar-refractivity contribution in [3.05, 3.63) is 0 Å². The Morgan fingerprint density at radius 3 is 2.19 bits per heavy atom. The summed E-state index contributed by atoms with van der Waals surface area (Å²) in [6.07, 6.45) is 0. The topological polar surface area (TPSA) is 48.0 Å². The Kier molecular flexibility index (Phi) is 7.71. The Balaban J connectivity index is 0.000000165. The molecule has 2 rings (SSSR count). The fourth-order valence-corrected chi connectivity index (χ4v) is 1.73. The number of aliphatic hydroxyl groups is 1. The lowest BCUT2D eigenvalue weighted by Gasteiger charge is -2.25. The molecule has 16 heavy (non-hydrogen) atoms. The van der Waals surface area contributed by atoms with Crippen molar-refractivity contribution < 1.29 is 9.84 Å². The number of hydrogen-bond acceptors (Lipinski definition) is 5. The minimum atomic E-state index is 0.292. The summed E-state index contributed by atoms with van der Waals surface area (Å²) in [6.45, 7) is 9.45. The van der Waals surface area contributed by atoms with E-state index in [0.717, 1.165) is 59.0 Å². The van der Waals surface area contributed by atoms with Crippen LogP contribution in [0.25, 0.3) is 0 Å². The van der Waals surface area contributed by atoms with Crippen molar-refractivity contribution in [3.63, 3.8) is 0 Å². The first-order chi connectivity index (χ1) is 7.83. The van der Waals surface area contributed by atoms with Crippen LogP contribution in [0.2, 0.25) is 0 Å². The van der Waals surface area contributed by atoms with Gasteiger partial charge in [0.2, 0.25) is 0 Å². The molecule has 0 bridgehead atoms. The predicted octanol–water partition coefficient (Wildman–Crippen LogP) is -1.17. The van der Waals surface area contributed by atoms with E-state index in [2.05, 4.69) is 22.2 Å². The largest absolute Gasteiger partial charge is 0.395 e. The lowest BCUT2D eigenvalue weighted by Crippen LogP contribution is -2.44. The van der Waals surface area contributed by atoms with Crippen LogP contribution in [-0.2, 0) is 4.74 Å². The van der Waals surface area contributed by atoms with Gasteiger partial charge < -0.3 is 20.1 Å². The molecule has 0 aromatic rings. The van der Waals surface area contributed by atoms with Crippen LogP contribution >= 0.6 is 0 Å². The van der Waals surface area contributed by atoms with Gasteiger partial charge in [-0.25, -0.2) is 0 Å². The van der Waals surface area contributed by atoms with Gasteiger partial charge in [-0.1, -0.05) is 0 Å². The third kappa shape index (κ3) is 6.40. The van der Waals surface area contributed by atoms with E-state index >= 15 is 0 Å². The van der Waals surface area contributed by atoms with Crippen LogP contribution in [0.1, 0.15) is 0 Å². The van der Waals surface area contributed by atoms with Crippen LogP contribution in [0.15, 0.2) is 0 Å². The number of rotatable bonds is 2. The number of ether oxygens (including phenoxy) is 1. The first-order valence-electron chi connectivity index (χ1n) is 6.13. The van der Waals surface area contributed by atoms with E-state index < -0.39 is 0 Å². The Morgan fingerprint density at radius 2 is 1.75 bits per heavy atom. The summed E-state index contributed by atoms with van der Waals surface area (Å²) in [4.78, 5) is 4.53. The molecule has 0 unspecified atom stereocenters. The van der Waals surface area contributed by atoms with Gasteiger partial charge in [-0.05, 0) is 7.05 Å². The molecule has 2 aliphatic heterocycles. The summed E-state index contributed by atoms with van der Waals surface area (Å²) in [5.74, 6) is 0. The lowest BCUT2D eigenvalue weighted by atomic mass is 10.4. The van der Waals surface area contributed by atoms with Crippen LogP contribution < -0.4 is 5.32 Å². The van der Waals surface area contributed by atoms with Crippen molar-refractivity contribution in [1.82, 2.24) is 15.1 Å². The van der Waals surface area contributed by atoms with Gasteiger partial charge in [0.05, 0.1) is 19.8 Å². The third-order valence-corrected chi connectivity index (χ3v) is 2.86. The molecule has 2 aliphatic rings. The Hall–Kier alpha value is -0.200. The summed E-state index contributed by atoms with van der Waals surface area (Å²) < 4.78 is 5.10. The quantitative estimate of drug-likeness (QED) is 0.627. The Morgan fingerprint density at radius 1 is 1.12 bits per heavy atom. The highest BCUT2D eigenvalue weighted by atomic mass is 16.5. The SMILES string of the molecule is CN1CCOCC1.OCCN1CCNCC1. The maximum atomic E-state index is 8.56. The first kappa shape index (κ1) is 13.9.